The Morgan fingerprint density at radius 1 is 1.19 bits per heavy atom. The van der Waals surface area contributed by atoms with Crippen molar-refractivity contribution in [1.82, 2.24) is 19.8 Å². The normalized spacial score (nSPS) is 20.6. The Hall–Kier alpha value is -1.98. The Bertz CT molecular complexity index is 666. The van der Waals surface area contributed by atoms with Crippen LogP contribution in [0.4, 0.5) is 0 Å². The van der Waals surface area contributed by atoms with E-state index in [2.05, 4.69) is 9.97 Å². The molecule has 2 fully saturated rings. The first kappa shape index (κ1) is 18.8. The summed E-state index contributed by atoms with van der Waals surface area (Å²) in [5.41, 5.74) is 1.31. The molecule has 1 aliphatic heterocycles. The van der Waals surface area contributed by atoms with Crippen LogP contribution in [0.5, 0.6) is 0 Å². The fourth-order valence-electron chi connectivity index (χ4n) is 4.18. The number of aromatic nitrogens is 2. The van der Waals surface area contributed by atoms with E-state index in [9.17, 15) is 9.59 Å². The second-order valence-corrected chi connectivity index (χ2v) is 7.46. The minimum atomic E-state index is -0.0106. The Morgan fingerprint density at radius 2 is 1.88 bits per heavy atom. The van der Waals surface area contributed by atoms with Crippen LogP contribution >= 0.6 is 0 Å². The monoisotopic (exact) mass is 358 g/mol. The van der Waals surface area contributed by atoms with Gasteiger partial charge >= 0.3 is 0 Å². The van der Waals surface area contributed by atoms with Crippen LogP contribution in [0.3, 0.4) is 0 Å². The van der Waals surface area contributed by atoms with E-state index in [1.807, 2.05) is 25.7 Å². The highest BCUT2D eigenvalue weighted by Crippen LogP contribution is 2.31. The number of amides is 2. The van der Waals surface area contributed by atoms with Crippen molar-refractivity contribution in [2.75, 3.05) is 26.2 Å². The van der Waals surface area contributed by atoms with E-state index in [1.165, 1.54) is 12.8 Å². The summed E-state index contributed by atoms with van der Waals surface area (Å²) in [6.07, 6.45) is 7.01. The Kier molecular flexibility index (Phi) is 5.89. The highest BCUT2D eigenvalue weighted by Gasteiger charge is 2.34. The number of nitrogens with zero attached hydrogens (tertiary/aromatic N) is 4. The molecule has 6 heteroatoms. The van der Waals surface area contributed by atoms with E-state index in [0.29, 0.717) is 31.1 Å². The van der Waals surface area contributed by atoms with Gasteiger partial charge in [-0.05, 0) is 40.0 Å². The van der Waals surface area contributed by atoms with Crippen molar-refractivity contribution >= 4 is 11.8 Å². The molecular weight excluding hydrogens is 328 g/mol. The fraction of sp³-hybridized carbons (Fsp3) is 0.700. The molecule has 0 spiro atoms. The zero-order chi connectivity index (χ0) is 18.7. The molecule has 1 aromatic rings. The van der Waals surface area contributed by atoms with E-state index in [1.54, 1.807) is 11.1 Å². The van der Waals surface area contributed by atoms with Crippen LogP contribution in [0, 0.1) is 12.8 Å². The smallest absolute Gasteiger partial charge is 0.257 e. The molecule has 0 radical (unpaired) electrons. The Morgan fingerprint density at radius 3 is 2.50 bits per heavy atom. The topological polar surface area (TPSA) is 66.4 Å². The first-order valence-corrected chi connectivity index (χ1v) is 9.96. The summed E-state index contributed by atoms with van der Waals surface area (Å²) in [5, 5.41) is 0. The van der Waals surface area contributed by atoms with Crippen molar-refractivity contribution in [2.45, 2.75) is 58.8 Å². The maximum atomic E-state index is 12.6. The van der Waals surface area contributed by atoms with Crippen molar-refractivity contribution < 1.29 is 9.59 Å². The van der Waals surface area contributed by atoms with Crippen molar-refractivity contribution in [3.8, 4) is 0 Å². The fourth-order valence-corrected chi connectivity index (χ4v) is 4.18. The van der Waals surface area contributed by atoms with Crippen LogP contribution < -0.4 is 0 Å². The molecular formula is C20H30N4O2. The van der Waals surface area contributed by atoms with Gasteiger partial charge in [-0.25, -0.2) is 9.97 Å². The minimum Gasteiger partial charge on any atom is -0.342 e. The third kappa shape index (κ3) is 3.74. The van der Waals surface area contributed by atoms with Crippen LogP contribution in [0.2, 0.25) is 0 Å². The average molecular weight is 358 g/mol. The maximum absolute atomic E-state index is 12.6. The van der Waals surface area contributed by atoms with Gasteiger partial charge in [0.05, 0.1) is 11.3 Å². The van der Waals surface area contributed by atoms with Crippen molar-refractivity contribution in [3.05, 3.63) is 23.3 Å². The molecule has 1 aromatic heterocycles. The van der Waals surface area contributed by atoms with E-state index < -0.39 is 0 Å². The molecule has 6 nitrogen and oxygen atoms in total. The third-order valence-electron chi connectivity index (χ3n) is 5.85. The Labute approximate surface area is 156 Å². The molecule has 0 unspecified atom stereocenters. The second kappa shape index (κ2) is 8.14. The lowest BCUT2D eigenvalue weighted by Gasteiger charge is -2.21. The van der Waals surface area contributed by atoms with E-state index in [-0.39, 0.29) is 17.7 Å². The molecule has 1 aliphatic carbocycles. The highest BCUT2D eigenvalue weighted by molar-refractivity contribution is 5.94. The predicted octanol–water partition coefficient (Wildman–Crippen LogP) is 2.77. The average Bonchev–Trinajstić information content (AvgIpc) is 3.34. The van der Waals surface area contributed by atoms with Gasteiger partial charge in [0.2, 0.25) is 5.91 Å². The number of carbonyl (C=O) groups excluding carboxylic acids is 2. The number of aryl methyl sites for hydroxylation is 1. The van der Waals surface area contributed by atoms with Crippen molar-refractivity contribution in [2.24, 2.45) is 5.92 Å². The van der Waals surface area contributed by atoms with Gasteiger partial charge in [-0.1, -0.05) is 12.8 Å². The number of carbonyl (C=O) groups is 2. The predicted molar refractivity (Wildman–Crippen MR) is 99.9 cm³/mol. The second-order valence-electron chi connectivity index (χ2n) is 7.46. The van der Waals surface area contributed by atoms with Gasteiger partial charge < -0.3 is 9.80 Å². The van der Waals surface area contributed by atoms with Gasteiger partial charge in [0.1, 0.15) is 5.82 Å². The summed E-state index contributed by atoms with van der Waals surface area (Å²) >= 11 is 0. The summed E-state index contributed by atoms with van der Waals surface area (Å²) < 4.78 is 0. The zero-order valence-corrected chi connectivity index (χ0v) is 16.2. The SMILES string of the molecule is CCN(CC)C(=O)c1cnc([C@H]2CCN(C(=O)C3CCCC3)C2)nc1C. The summed E-state index contributed by atoms with van der Waals surface area (Å²) in [7, 11) is 0. The van der Waals surface area contributed by atoms with E-state index >= 15 is 0 Å². The van der Waals surface area contributed by atoms with Crippen LogP contribution in [-0.4, -0.2) is 57.8 Å². The number of hydrogen-bond donors (Lipinski definition) is 0. The van der Waals surface area contributed by atoms with Gasteiger partial charge in [-0.2, -0.15) is 0 Å². The first-order chi connectivity index (χ1) is 12.5. The molecule has 2 amide bonds. The number of likely N-dealkylation sites (tertiary alicyclic amines) is 1. The van der Waals surface area contributed by atoms with Gasteiger partial charge in [0.15, 0.2) is 0 Å². The maximum Gasteiger partial charge on any atom is 0.257 e. The molecule has 142 valence electrons. The Balaban J connectivity index is 1.68. The molecule has 2 heterocycles. The molecule has 1 atom stereocenters. The summed E-state index contributed by atoms with van der Waals surface area (Å²) in [6, 6.07) is 0. The summed E-state index contributed by atoms with van der Waals surface area (Å²) in [6.45, 7) is 8.68. The van der Waals surface area contributed by atoms with E-state index in [0.717, 1.165) is 37.3 Å². The summed E-state index contributed by atoms with van der Waals surface area (Å²) in [5.74, 6) is 1.47. The largest absolute Gasteiger partial charge is 0.342 e. The van der Waals surface area contributed by atoms with Crippen molar-refractivity contribution in [3.63, 3.8) is 0 Å². The van der Waals surface area contributed by atoms with E-state index in [4.69, 9.17) is 0 Å². The number of hydrogen-bond acceptors (Lipinski definition) is 4. The molecule has 0 N–H and O–H groups in total. The minimum absolute atomic E-state index is 0.0106. The molecule has 1 saturated heterocycles. The lowest BCUT2D eigenvalue weighted by molar-refractivity contribution is -0.134. The lowest BCUT2D eigenvalue weighted by Crippen LogP contribution is -2.33. The van der Waals surface area contributed by atoms with Gasteiger partial charge in [0, 0.05) is 44.2 Å². The quantitative estimate of drug-likeness (QED) is 0.812. The first-order valence-electron chi connectivity index (χ1n) is 9.96. The third-order valence-corrected chi connectivity index (χ3v) is 5.85. The van der Waals surface area contributed by atoms with Gasteiger partial charge in [-0.3, -0.25) is 9.59 Å². The molecule has 26 heavy (non-hydrogen) atoms. The van der Waals surface area contributed by atoms with Crippen molar-refractivity contribution in [1.29, 1.82) is 0 Å². The molecule has 2 aliphatic rings. The highest BCUT2D eigenvalue weighted by atomic mass is 16.2. The molecule has 0 bridgehead atoms. The van der Waals surface area contributed by atoms with Gasteiger partial charge in [-0.15, -0.1) is 0 Å². The molecule has 1 saturated carbocycles. The zero-order valence-electron chi connectivity index (χ0n) is 16.2. The molecule has 0 aromatic carbocycles. The van der Waals surface area contributed by atoms with Gasteiger partial charge in [0.25, 0.3) is 5.91 Å². The van der Waals surface area contributed by atoms with Crippen LogP contribution in [0.15, 0.2) is 6.20 Å². The van der Waals surface area contributed by atoms with Crippen LogP contribution in [-0.2, 0) is 4.79 Å². The lowest BCUT2D eigenvalue weighted by atomic mass is 10.1. The van der Waals surface area contributed by atoms with Crippen LogP contribution in [0.25, 0.3) is 0 Å². The van der Waals surface area contributed by atoms with Crippen LogP contribution in [0.1, 0.15) is 73.7 Å². The molecule has 3 rings (SSSR count). The standard InChI is InChI=1S/C20H30N4O2/c1-4-23(5-2)20(26)17-12-21-18(22-14(17)3)16-10-11-24(13-16)19(25)15-8-6-7-9-15/h12,15-16H,4-11,13H2,1-3H3/t16-/m0/s1. The summed E-state index contributed by atoms with van der Waals surface area (Å²) in [4.78, 5) is 38.0. The number of rotatable bonds is 5.